The van der Waals surface area contributed by atoms with Gasteiger partial charge in [-0.15, -0.1) is 0 Å². The summed E-state index contributed by atoms with van der Waals surface area (Å²) >= 11 is 0. The molecule has 1 aliphatic heterocycles. The van der Waals surface area contributed by atoms with E-state index in [0.29, 0.717) is 18.4 Å². The number of nitrogens with one attached hydrogen (secondary N) is 1. The van der Waals surface area contributed by atoms with E-state index in [1.807, 2.05) is 6.92 Å². The highest BCUT2D eigenvalue weighted by atomic mass is 16.5. The fraction of sp³-hybridized carbons (Fsp3) is 0.636. The molecule has 0 aliphatic carbocycles. The van der Waals surface area contributed by atoms with E-state index in [4.69, 9.17) is 10.3 Å². The molecule has 1 N–H and O–H groups in total. The third-order valence-electron chi connectivity index (χ3n) is 3.28. The number of hydrogen-bond acceptors (Lipinski definition) is 4. The Hall–Kier alpha value is -2.05. The van der Waals surface area contributed by atoms with Crippen molar-refractivity contribution in [1.29, 1.82) is 0 Å². The summed E-state index contributed by atoms with van der Waals surface area (Å²) in [5, 5.41) is 3.66. The van der Waals surface area contributed by atoms with Crippen molar-refractivity contribution in [1.82, 2.24) is 9.55 Å². The van der Waals surface area contributed by atoms with E-state index < -0.39 is 11.9 Å². The van der Waals surface area contributed by atoms with Gasteiger partial charge in [-0.3, -0.25) is 4.79 Å². The van der Waals surface area contributed by atoms with Crippen molar-refractivity contribution in [2.75, 3.05) is 0 Å². The number of ether oxygens (including phenoxy) is 1. The van der Waals surface area contributed by atoms with Gasteiger partial charge in [0.15, 0.2) is 0 Å². The van der Waals surface area contributed by atoms with Crippen molar-refractivity contribution in [3.63, 3.8) is 0 Å². The van der Waals surface area contributed by atoms with E-state index in [1.165, 1.54) is 6.20 Å². The molecular formula is C11H15N5O3. The summed E-state index contributed by atoms with van der Waals surface area (Å²) in [6, 6.07) is -0.355. The first-order valence-corrected chi connectivity index (χ1v) is 6.09. The molecule has 1 aromatic heterocycles. The second-order valence-electron chi connectivity index (χ2n) is 4.50. The predicted octanol–water partition coefficient (Wildman–Crippen LogP) is 1.22. The largest absolute Gasteiger partial charge is 0.354 e. The lowest BCUT2D eigenvalue weighted by atomic mass is 10.1. The molecule has 0 bridgehead atoms. The summed E-state index contributed by atoms with van der Waals surface area (Å²) < 4.78 is 6.70. The van der Waals surface area contributed by atoms with Crippen LogP contribution in [0.1, 0.15) is 31.6 Å². The van der Waals surface area contributed by atoms with Crippen molar-refractivity contribution in [3.8, 4) is 0 Å². The number of azide groups is 1. The average Bonchev–Trinajstić information content (AvgIpc) is 2.78. The SMILES string of the molecule is CC[C@@H]1O[C@H](n2c(=O)[nH]cc(C)c2=O)C[C@@H]1N=[N+]=[N-]. The van der Waals surface area contributed by atoms with Crippen LogP contribution in [0.15, 0.2) is 20.9 Å². The Kier molecular flexibility index (Phi) is 3.73. The normalized spacial score (nSPS) is 26.1. The average molecular weight is 265 g/mol. The molecule has 0 amide bonds. The van der Waals surface area contributed by atoms with E-state index in [9.17, 15) is 9.59 Å². The van der Waals surface area contributed by atoms with E-state index in [0.717, 1.165) is 4.57 Å². The molecule has 102 valence electrons. The molecule has 1 aromatic rings. The van der Waals surface area contributed by atoms with E-state index in [-0.39, 0.29) is 17.7 Å². The zero-order chi connectivity index (χ0) is 14.0. The van der Waals surface area contributed by atoms with E-state index in [2.05, 4.69) is 15.0 Å². The maximum Gasteiger partial charge on any atom is 0.330 e. The third-order valence-corrected chi connectivity index (χ3v) is 3.28. The number of aromatic amines is 1. The Labute approximate surface area is 108 Å². The summed E-state index contributed by atoms with van der Waals surface area (Å²) in [6.07, 6.45) is 1.40. The lowest BCUT2D eigenvalue weighted by Crippen LogP contribution is -2.39. The first kappa shape index (κ1) is 13.4. The minimum Gasteiger partial charge on any atom is -0.354 e. The Morgan fingerprint density at radius 1 is 1.63 bits per heavy atom. The van der Waals surface area contributed by atoms with Crippen molar-refractivity contribution < 1.29 is 4.74 Å². The summed E-state index contributed by atoms with van der Waals surface area (Å²) in [4.78, 5) is 29.0. The van der Waals surface area contributed by atoms with Gasteiger partial charge in [0.2, 0.25) is 0 Å². The van der Waals surface area contributed by atoms with Gasteiger partial charge in [-0.1, -0.05) is 12.0 Å². The maximum atomic E-state index is 12.0. The van der Waals surface area contributed by atoms with Crippen molar-refractivity contribution in [2.24, 2.45) is 5.11 Å². The zero-order valence-electron chi connectivity index (χ0n) is 10.7. The lowest BCUT2D eigenvalue weighted by Gasteiger charge is -2.14. The Balaban J connectivity index is 2.40. The highest BCUT2D eigenvalue weighted by molar-refractivity contribution is 5.02. The number of aryl methyl sites for hydroxylation is 1. The molecule has 3 atom stereocenters. The predicted molar refractivity (Wildman–Crippen MR) is 67.8 cm³/mol. The van der Waals surface area contributed by atoms with Gasteiger partial charge in [0, 0.05) is 23.1 Å². The standard InChI is InChI=1S/C11H15N5O3/c1-3-8-7(14-15-12)4-9(19-8)16-10(17)6(2)5-13-11(16)18/h5,7-9H,3-4H2,1-2H3,(H,13,18)/t7-,8-,9-/m0/s1. The molecule has 2 rings (SSSR count). The van der Waals surface area contributed by atoms with Gasteiger partial charge >= 0.3 is 5.69 Å². The molecule has 1 aliphatic rings. The highest BCUT2D eigenvalue weighted by Crippen LogP contribution is 2.30. The van der Waals surface area contributed by atoms with Gasteiger partial charge in [0.05, 0.1) is 12.1 Å². The van der Waals surface area contributed by atoms with Crippen LogP contribution in [0, 0.1) is 6.92 Å². The first-order valence-electron chi connectivity index (χ1n) is 6.09. The molecule has 1 saturated heterocycles. The molecule has 8 nitrogen and oxygen atoms in total. The monoisotopic (exact) mass is 265 g/mol. The summed E-state index contributed by atoms with van der Waals surface area (Å²) in [5.41, 5.74) is 8.05. The second-order valence-corrected chi connectivity index (χ2v) is 4.50. The molecule has 19 heavy (non-hydrogen) atoms. The molecular weight excluding hydrogens is 250 g/mol. The smallest absolute Gasteiger partial charge is 0.330 e. The molecule has 1 fully saturated rings. The Bertz CT molecular complexity index is 628. The van der Waals surface area contributed by atoms with Gasteiger partial charge in [0.1, 0.15) is 6.23 Å². The number of rotatable bonds is 3. The van der Waals surface area contributed by atoms with E-state index >= 15 is 0 Å². The van der Waals surface area contributed by atoms with Crippen LogP contribution in [-0.2, 0) is 4.74 Å². The minimum absolute atomic E-state index is 0.271. The van der Waals surface area contributed by atoms with Gasteiger partial charge in [-0.05, 0) is 18.9 Å². The quantitative estimate of drug-likeness (QED) is 0.503. The van der Waals surface area contributed by atoms with Crippen LogP contribution in [0.4, 0.5) is 0 Å². The molecule has 8 heteroatoms. The van der Waals surface area contributed by atoms with Crippen LogP contribution >= 0.6 is 0 Å². The zero-order valence-corrected chi connectivity index (χ0v) is 10.7. The van der Waals surface area contributed by atoms with Gasteiger partial charge in [0.25, 0.3) is 5.56 Å². The van der Waals surface area contributed by atoms with Crippen molar-refractivity contribution in [2.45, 2.75) is 45.1 Å². The molecule has 0 radical (unpaired) electrons. The van der Waals surface area contributed by atoms with Crippen LogP contribution in [0.5, 0.6) is 0 Å². The lowest BCUT2D eigenvalue weighted by molar-refractivity contribution is -0.00591. The minimum atomic E-state index is -0.684. The summed E-state index contributed by atoms with van der Waals surface area (Å²) in [6.45, 7) is 3.52. The highest BCUT2D eigenvalue weighted by Gasteiger charge is 2.35. The fourth-order valence-corrected chi connectivity index (χ4v) is 2.27. The van der Waals surface area contributed by atoms with Crippen LogP contribution in [0.3, 0.4) is 0 Å². The van der Waals surface area contributed by atoms with Crippen LogP contribution in [0.25, 0.3) is 10.4 Å². The fourth-order valence-electron chi connectivity index (χ4n) is 2.27. The molecule has 0 aromatic carbocycles. The number of H-pyrrole nitrogens is 1. The van der Waals surface area contributed by atoms with Gasteiger partial charge in [-0.2, -0.15) is 0 Å². The Morgan fingerprint density at radius 2 is 2.37 bits per heavy atom. The summed E-state index contributed by atoms with van der Waals surface area (Å²) in [7, 11) is 0. The number of hydrogen-bond donors (Lipinski definition) is 1. The molecule has 0 spiro atoms. The maximum absolute atomic E-state index is 12.0. The topological polar surface area (TPSA) is 113 Å². The number of nitrogens with zero attached hydrogens (tertiary/aromatic N) is 4. The van der Waals surface area contributed by atoms with Crippen molar-refractivity contribution in [3.05, 3.63) is 43.0 Å². The van der Waals surface area contributed by atoms with E-state index in [1.54, 1.807) is 6.92 Å². The molecule has 0 saturated carbocycles. The molecule has 0 unspecified atom stereocenters. The van der Waals surface area contributed by atoms with Crippen LogP contribution < -0.4 is 11.2 Å². The number of aromatic nitrogens is 2. The van der Waals surface area contributed by atoms with Gasteiger partial charge in [-0.25, -0.2) is 9.36 Å². The van der Waals surface area contributed by atoms with Crippen LogP contribution in [-0.4, -0.2) is 21.7 Å². The third kappa shape index (κ3) is 2.40. The second kappa shape index (κ2) is 5.29. The van der Waals surface area contributed by atoms with Crippen molar-refractivity contribution >= 4 is 0 Å². The summed E-state index contributed by atoms with van der Waals surface area (Å²) in [5.74, 6) is 0. The molecule has 2 heterocycles. The Morgan fingerprint density at radius 3 is 3.00 bits per heavy atom. The van der Waals surface area contributed by atoms with Crippen LogP contribution in [0.2, 0.25) is 0 Å². The first-order chi connectivity index (χ1) is 9.08. The van der Waals surface area contributed by atoms with Gasteiger partial charge < -0.3 is 9.72 Å².